The van der Waals surface area contributed by atoms with Gasteiger partial charge in [0.2, 0.25) is 5.91 Å². The molecule has 0 radical (unpaired) electrons. The third-order valence-electron chi connectivity index (χ3n) is 2.48. The van der Waals surface area contributed by atoms with Crippen LogP contribution in [0, 0.1) is 5.82 Å². The molecule has 20 heavy (non-hydrogen) atoms. The molecule has 1 rings (SSSR count). The molecule has 1 aromatic carbocycles. The van der Waals surface area contributed by atoms with Gasteiger partial charge in [-0.05, 0) is 24.6 Å². The molecule has 1 amide bonds. The minimum atomic E-state index is -3.88. The SMILES string of the molecule is COCCCNC(=O)CS(=O)(=O)c1ccc(F)cc1N. The Hall–Kier alpha value is -1.67. The maximum atomic E-state index is 12.9. The molecule has 112 valence electrons. The number of hydrogen-bond acceptors (Lipinski definition) is 5. The van der Waals surface area contributed by atoms with Crippen molar-refractivity contribution in [3.63, 3.8) is 0 Å². The summed E-state index contributed by atoms with van der Waals surface area (Å²) < 4.78 is 41.6. The average molecular weight is 304 g/mol. The number of nitrogen functional groups attached to an aromatic ring is 1. The summed E-state index contributed by atoms with van der Waals surface area (Å²) in [5.74, 6) is -1.99. The summed E-state index contributed by atoms with van der Waals surface area (Å²) in [4.78, 5) is 11.3. The minimum absolute atomic E-state index is 0.211. The number of benzene rings is 1. The van der Waals surface area contributed by atoms with E-state index in [9.17, 15) is 17.6 Å². The molecule has 0 spiro atoms. The van der Waals surface area contributed by atoms with Crippen LogP contribution in [0.3, 0.4) is 0 Å². The van der Waals surface area contributed by atoms with E-state index in [4.69, 9.17) is 10.5 Å². The number of ether oxygens (including phenoxy) is 1. The molecule has 0 aliphatic heterocycles. The van der Waals surface area contributed by atoms with Crippen LogP contribution in [-0.4, -0.2) is 40.3 Å². The standard InChI is InChI=1S/C12H17FN2O4S/c1-19-6-2-5-15-12(16)8-20(17,18)11-4-3-9(13)7-10(11)14/h3-4,7H,2,5-6,8,14H2,1H3,(H,15,16). The van der Waals surface area contributed by atoms with Crippen LogP contribution in [0.15, 0.2) is 23.1 Å². The van der Waals surface area contributed by atoms with Gasteiger partial charge in [-0.15, -0.1) is 0 Å². The van der Waals surface area contributed by atoms with Gasteiger partial charge in [-0.3, -0.25) is 4.79 Å². The van der Waals surface area contributed by atoms with E-state index in [0.717, 1.165) is 18.2 Å². The van der Waals surface area contributed by atoms with Crippen LogP contribution in [0.1, 0.15) is 6.42 Å². The predicted molar refractivity (Wildman–Crippen MR) is 72.4 cm³/mol. The Balaban J connectivity index is 2.67. The normalized spacial score (nSPS) is 11.3. The second kappa shape index (κ2) is 7.20. The highest BCUT2D eigenvalue weighted by Gasteiger charge is 2.21. The molecule has 0 heterocycles. The second-order valence-electron chi connectivity index (χ2n) is 4.14. The Bertz CT molecular complexity index is 575. The van der Waals surface area contributed by atoms with Crippen molar-refractivity contribution in [2.75, 3.05) is 31.7 Å². The predicted octanol–water partition coefficient (Wildman–Crippen LogP) is 0.334. The van der Waals surface area contributed by atoms with Gasteiger partial charge in [0, 0.05) is 20.3 Å². The molecule has 0 saturated carbocycles. The molecule has 3 N–H and O–H groups in total. The van der Waals surface area contributed by atoms with Gasteiger partial charge in [0.15, 0.2) is 9.84 Å². The van der Waals surface area contributed by atoms with Crippen molar-refractivity contribution in [3.05, 3.63) is 24.0 Å². The van der Waals surface area contributed by atoms with Gasteiger partial charge in [0.1, 0.15) is 11.6 Å². The maximum absolute atomic E-state index is 12.9. The van der Waals surface area contributed by atoms with E-state index >= 15 is 0 Å². The van der Waals surface area contributed by atoms with Gasteiger partial charge in [-0.1, -0.05) is 0 Å². The van der Waals surface area contributed by atoms with Crippen LogP contribution in [-0.2, 0) is 19.4 Å². The lowest BCUT2D eigenvalue weighted by molar-refractivity contribution is -0.118. The van der Waals surface area contributed by atoms with Gasteiger partial charge in [0.25, 0.3) is 0 Å². The zero-order valence-corrected chi connectivity index (χ0v) is 11.9. The van der Waals surface area contributed by atoms with Crippen LogP contribution >= 0.6 is 0 Å². The van der Waals surface area contributed by atoms with Crippen molar-refractivity contribution in [2.24, 2.45) is 0 Å². The summed E-state index contributed by atoms with van der Waals surface area (Å²) in [7, 11) is -2.35. The van der Waals surface area contributed by atoms with Gasteiger partial charge < -0.3 is 15.8 Å². The van der Waals surface area contributed by atoms with E-state index in [-0.39, 0.29) is 10.6 Å². The molecule has 0 atom stereocenters. The Kier molecular flexibility index (Phi) is 5.90. The Morgan fingerprint density at radius 1 is 1.45 bits per heavy atom. The van der Waals surface area contributed by atoms with E-state index in [1.54, 1.807) is 0 Å². The van der Waals surface area contributed by atoms with Crippen LogP contribution in [0.25, 0.3) is 0 Å². The van der Waals surface area contributed by atoms with E-state index in [0.29, 0.717) is 19.6 Å². The summed E-state index contributed by atoms with van der Waals surface area (Å²) in [5.41, 5.74) is 5.24. The van der Waals surface area contributed by atoms with Crippen LogP contribution in [0.2, 0.25) is 0 Å². The number of nitrogens with one attached hydrogen (secondary N) is 1. The second-order valence-corrected chi connectivity index (χ2v) is 6.10. The van der Waals surface area contributed by atoms with Gasteiger partial charge in [0.05, 0.1) is 10.6 Å². The number of nitrogens with two attached hydrogens (primary N) is 1. The quantitative estimate of drug-likeness (QED) is 0.430. The lowest BCUT2D eigenvalue weighted by atomic mass is 10.3. The molecular formula is C12H17FN2O4S. The fourth-order valence-electron chi connectivity index (χ4n) is 1.55. The number of anilines is 1. The summed E-state index contributed by atoms with van der Waals surface area (Å²) in [6, 6.07) is 2.95. The number of hydrogen-bond donors (Lipinski definition) is 2. The van der Waals surface area contributed by atoms with Crippen molar-refractivity contribution in [1.82, 2.24) is 5.32 Å². The molecular weight excluding hydrogens is 287 g/mol. The molecule has 0 aromatic heterocycles. The van der Waals surface area contributed by atoms with E-state index in [1.807, 2.05) is 0 Å². The van der Waals surface area contributed by atoms with Crippen LogP contribution < -0.4 is 11.1 Å². The highest BCUT2D eigenvalue weighted by molar-refractivity contribution is 7.92. The number of methoxy groups -OCH3 is 1. The molecule has 6 nitrogen and oxygen atoms in total. The average Bonchev–Trinajstić information content (AvgIpc) is 2.33. The molecule has 8 heteroatoms. The van der Waals surface area contributed by atoms with Crippen molar-refractivity contribution >= 4 is 21.4 Å². The molecule has 0 aliphatic carbocycles. The molecule has 0 unspecified atom stereocenters. The largest absolute Gasteiger partial charge is 0.398 e. The van der Waals surface area contributed by atoms with E-state index in [1.165, 1.54) is 7.11 Å². The van der Waals surface area contributed by atoms with E-state index < -0.39 is 27.3 Å². The number of halogens is 1. The first-order chi connectivity index (χ1) is 9.36. The van der Waals surface area contributed by atoms with Gasteiger partial charge in [-0.2, -0.15) is 0 Å². The minimum Gasteiger partial charge on any atom is -0.398 e. The monoisotopic (exact) mass is 304 g/mol. The highest BCUT2D eigenvalue weighted by atomic mass is 32.2. The summed E-state index contributed by atoms with van der Waals surface area (Å²) in [5, 5.41) is 2.46. The maximum Gasteiger partial charge on any atom is 0.235 e. The summed E-state index contributed by atoms with van der Waals surface area (Å²) in [6.45, 7) is 0.791. The molecule has 1 aromatic rings. The molecule has 0 bridgehead atoms. The summed E-state index contributed by atoms with van der Waals surface area (Å²) >= 11 is 0. The zero-order chi connectivity index (χ0) is 15.2. The molecule has 0 fully saturated rings. The summed E-state index contributed by atoms with van der Waals surface area (Å²) in [6.07, 6.45) is 0.584. The first-order valence-electron chi connectivity index (χ1n) is 5.90. The number of amides is 1. The number of sulfone groups is 1. The van der Waals surface area contributed by atoms with Crippen LogP contribution in [0.5, 0.6) is 0 Å². The van der Waals surface area contributed by atoms with Crippen molar-refractivity contribution < 1.29 is 22.3 Å². The third-order valence-corrected chi connectivity index (χ3v) is 4.16. The zero-order valence-electron chi connectivity index (χ0n) is 11.1. The van der Waals surface area contributed by atoms with Crippen molar-refractivity contribution in [3.8, 4) is 0 Å². The fourth-order valence-corrected chi connectivity index (χ4v) is 2.84. The highest BCUT2D eigenvalue weighted by Crippen LogP contribution is 2.20. The van der Waals surface area contributed by atoms with Crippen LogP contribution in [0.4, 0.5) is 10.1 Å². The lowest BCUT2D eigenvalue weighted by Crippen LogP contribution is -2.31. The first kappa shape index (κ1) is 16.4. The fraction of sp³-hybridized carbons (Fsp3) is 0.417. The first-order valence-corrected chi connectivity index (χ1v) is 7.55. The topological polar surface area (TPSA) is 98.5 Å². The molecule has 0 aliphatic rings. The Morgan fingerprint density at radius 2 is 2.15 bits per heavy atom. The van der Waals surface area contributed by atoms with Gasteiger partial charge >= 0.3 is 0 Å². The van der Waals surface area contributed by atoms with Crippen molar-refractivity contribution in [1.29, 1.82) is 0 Å². The molecule has 0 saturated heterocycles. The smallest absolute Gasteiger partial charge is 0.235 e. The van der Waals surface area contributed by atoms with Gasteiger partial charge in [-0.25, -0.2) is 12.8 Å². The number of carbonyl (C=O) groups is 1. The van der Waals surface area contributed by atoms with E-state index in [2.05, 4.69) is 5.32 Å². The Morgan fingerprint density at radius 3 is 2.75 bits per heavy atom. The number of rotatable bonds is 7. The lowest BCUT2D eigenvalue weighted by Gasteiger charge is -2.08. The van der Waals surface area contributed by atoms with Crippen molar-refractivity contribution in [2.45, 2.75) is 11.3 Å². The number of carbonyl (C=O) groups excluding carboxylic acids is 1. The Labute approximate surface area is 117 Å². The third kappa shape index (κ3) is 4.78.